The lowest BCUT2D eigenvalue weighted by molar-refractivity contribution is 0.457. The van der Waals surface area contributed by atoms with Gasteiger partial charge in [0.25, 0.3) is 5.56 Å². The number of benzene rings is 1. The summed E-state index contributed by atoms with van der Waals surface area (Å²) >= 11 is 1.90. The number of rotatable bonds is 2. The number of H-pyrrole nitrogens is 1. The van der Waals surface area contributed by atoms with E-state index in [1.807, 2.05) is 52.9 Å². The molecule has 0 unspecified atom stereocenters. The Morgan fingerprint density at radius 2 is 2.11 bits per heavy atom. The van der Waals surface area contributed by atoms with Gasteiger partial charge in [-0.1, -0.05) is 6.07 Å². The van der Waals surface area contributed by atoms with Crippen molar-refractivity contribution in [1.82, 2.24) is 15.0 Å². The van der Waals surface area contributed by atoms with Crippen molar-refractivity contribution in [2.24, 2.45) is 0 Å². The van der Waals surface area contributed by atoms with Gasteiger partial charge in [-0.05, 0) is 40.8 Å². The summed E-state index contributed by atoms with van der Waals surface area (Å²) in [5.41, 5.74) is 0.615. The Kier molecular flexibility index (Phi) is 3.16. The first kappa shape index (κ1) is 12.1. The van der Waals surface area contributed by atoms with Crippen LogP contribution in [0.3, 0.4) is 0 Å². The number of nitrogens with one attached hydrogen (secondary N) is 1. The number of hydrogen-bond acceptors (Lipinski definition) is 4. The van der Waals surface area contributed by atoms with E-state index in [2.05, 4.69) is 15.0 Å². The molecule has 19 heavy (non-hydrogen) atoms. The molecule has 94 valence electrons. The van der Waals surface area contributed by atoms with Crippen molar-refractivity contribution in [2.45, 2.75) is 0 Å². The molecule has 0 aliphatic heterocycles. The summed E-state index contributed by atoms with van der Waals surface area (Å²) in [6.07, 6.45) is 3.04. The molecule has 5 nitrogen and oxygen atoms in total. The van der Waals surface area contributed by atoms with Crippen molar-refractivity contribution in [3.63, 3.8) is 0 Å². The van der Waals surface area contributed by atoms with Gasteiger partial charge in [-0.3, -0.25) is 9.78 Å². The molecule has 0 fully saturated rings. The van der Waals surface area contributed by atoms with E-state index in [4.69, 9.17) is 4.74 Å². The number of halogens is 1. The highest BCUT2D eigenvalue weighted by Crippen LogP contribution is 2.24. The first-order valence-electron chi connectivity index (χ1n) is 5.50. The zero-order valence-electron chi connectivity index (χ0n) is 9.63. The second kappa shape index (κ2) is 4.96. The van der Waals surface area contributed by atoms with E-state index in [0.29, 0.717) is 15.2 Å². The van der Waals surface area contributed by atoms with Crippen molar-refractivity contribution in [1.29, 1.82) is 0 Å². The molecule has 0 saturated heterocycles. The Bertz CT molecular complexity index is 801. The van der Waals surface area contributed by atoms with Gasteiger partial charge in [-0.15, -0.1) is 0 Å². The van der Waals surface area contributed by atoms with E-state index in [9.17, 15) is 4.79 Å². The van der Waals surface area contributed by atoms with E-state index in [0.717, 1.165) is 10.9 Å². The van der Waals surface area contributed by atoms with Crippen LogP contribution < -0.4 is 10.3 Å². The number of aromatic amines is 1. The Morgan fingerprint density at radius 3 is 3.00 bits per heavy atom. The third-order valence-corrected chi connectivity index (χ3v) is 3.51. The number of aromatic nitrogens is 3. The van der Waals surface area contributed by atoms with Crippen LogP contribution in [0.5, 0.6) is 11.6 Å². The standard InChI is InChI=1S/C13H8IN3O2/c14-11-12(18)16-7-17-13(11)19-9-4-3-8-2-1-5-15-10(8)6-9/h1-7H,(H,16,17,18). The molecule has 1 aromatic carbocycles. The highest BCUT2D eigenvalue weighted by atomic mass is 127. The molecule has 0 atom stereocenters. The topological polar surface area (TPSA) is 67.9 Å². The molecule has 1 N–H and O–H groups in total. The average Bonchev–Trinajstić information content (AvgIpc) is 2.44. The van der Waals surface area contributed by atoms with Gasteiger partial charge in [0.15, 0.2) is 0 Å². The summed E-state index contributed by atoms with van der Waals surface area (Å²) < 4.78 is 6.04. The zero-order valence-corrected chi connectivity index (χ0v) is 11.8. The van der Waals surface area contributed by atoms with Crippen LogP contribution in [0.25, 0.3) is 10.9 Å². The summed E-state index contributed by atoms with van der Waals surface area (Å²) in [6.45, 7) is 0. The third-order valence-electron chi connectivity index (χ3n) is 2.56. The maximum atomic E-state index is 11.4. The molecular formula is C13H8IN3O2. The third kappa shape index (κ3) is 2.43. The van der Waals surface area contributed by atoms with Crippen LogP contribution in [0.1, 0.15) is 0 Å². The quantitative estimate of drug-likeness (QED) is 0.710. The summed E-state index contributed by atoms with van der Waals surface area (Å²) in [5.74, 6) is 0.891. The van der Waals surface area contributed by atoms with Gasteiger partial charge < -0.3 is 9.72 Å². The molecule has 0 aliphatic rings. The van der Waals surface area contributed by atoms with E-state index < -0.39 is 0 Å². The van der Waals surface area contributed by atoms with E-state index in [1.165, 1.54) is 6.33 Å². The maximum Gasteiger partial charge on any atom is 0.268 e. The van der Waals surface area contributed by atoms with E-state index >= 15 is 0 Å². The lowest BCUT2D eigenvalue weighted by Crippen LogP contribution is -2.11. The molecule has 2 heterocycles. The van der Waals surface area contributed by atoms with Crippen LogP contribution in [0.4, 0.5) is 0 Å². The van der Waals surface area contributed by atoms with Crippen molar-refractivity contribution >= 4 is 33.5 Å². The molecule has 0 aliphatic carbocycles. The lowest BCUT2D eigenvalue weighted by Gasteiger charge is -2.06. The van der Waals surface area contributed by atoms with Gasteiger partial charge in [-0.25, -0.2) is 4.98 Å². The van der Waals surface area contributed by atoms with E-state index in [1.54, 1.807) is 6.20 Å². The Balaban J connectivity index is 2.01. The monoisotopic (exact) mass is 365 g/mol. The lowest BCUT2D eigenvalue weighted by atomic mass is 10.2. The highest BCUT2D eigenvalue weighted by molar-refractivity contribution is 14.1. The number of fused-ring (bicyclic) bond motifs is 1. The normalized spacial score (nSPS) is 10.6. The van der Waals surface area contributed by atoms with Crippen LogP contribution in [-0.4, -0.2) is 15.0 Å². The Labute approximate surface area is 121 Å². The summed E-state index contributed by atoms with van der Waals surface area (Å²) in [4.78, 5) is 22.2. The molecule has 6 heteroatoms. The minimum Gasteiger partial charge on any atom is -0.438 e. The minimum absolute atomic E-state index is 0.218. The van der Waals surface area contributed by atoms with Gasteiger partial charge in [-0.2, -0.15) is 0 Å². The first-order valence-corrected chi connectivity index (χ1v) is 6.58. The SMILES string of the molecule is O=c1[nH]cnc(Oc2ccc3cccnc3c2)c1I. The van der Waals surface area contributed by atoms with Crippen LogP contribution in [0, 0.1) is 3.57 Å². The second-order valence-corrected chi connectivity index (χ2v) is 4.89. The van der Waals surface area contributed by atoms with Crippen LogP contribution in [0.2, 0.25) is 0 Å². The Morgan fingerprint density at radius 1 is 1.21 bits per heavy atom. The predicted molar refractivity (Wildman–Crippen MR) is 79.4 cm³/mol. The number of ether oxygens (including phenoxy) is 1. The van der Waals surface area contributed by atoms with Crippen molar-refractivity contribution < 1.29 is 4.74 Å². The summed E-state index contributed by atoms with van der Waals surface area (Å²) in [7, 11) is 0. The maximum absolute atomic E-state index is 11.4. The van der Waals surface area contributed by atoms with Crippen LogP contribution in [0.15, 0.2) is 47.7 Å². The summed E-state index contributed by atoms with van der Waals surface area (Å²) in [6, 6.07) is 9.40. The van der Waals surface area contributed by atoms with Crippen molar-refractivity contribution in [3.05, 3.63) is 56.8 Å². The van der Waals surface area contributed by atoms with Crippen LogP contribution in [-0.2, 0) is 0 Å². The number of pyridine rings is 1. The van der Waals surface area contributed by atoms with Crippen molar-refractivity contribution in [2.75, 3.05) is 0 Å². The van der Waals surface area contributed by atoms with Crippen LogP contribution >= 0.6 is 22.6 Å². The fraction of sp³-hybridized carbons (Fsp3) is 0. The van der Waals surface area contributed by atoms with Gasteiger partial charge in [0.2, 0.25) is 5.88 Å². The number of nitrogens with zero attached hydrogens (tertiary/aromatic N) is 2. The fourth-order valence-electron chi connectivity index (χ4n) is 1.66. The molecule has 3 aromatic rings. The molecule has 0 radical (unpaired) electrons. The number of hydrogen-bond donors (Lipinski definition) is 1. The van der Waals surface area contributed by atoms with Gasteiger partial charge in [0.05, 0.1) is 11.8 Å². The molecule has 2 aromatic heterocycles. The molecule has 0 saturated carbocycles. The van der Waals surface area contributed by atoms with Gasteiger partial charge in [0.1, 0.15) is 9.32 Å². The zero-order chi connectivity index (χ0) is 13.2. The predicted octanol–water partition coefficient (Wildman–Crippen LogP) is 2.72. The molecule has 0 amide bonds. The fourth-order valence-corrected chi connectivity index (χ4v) is 2.06. The van der Waals surface area contributed by atoms with Crippen molar-refractivity contribution in [3.8, 4) is 11.6 Å². The molecule has 0 bridgehead atoms. The molecular weight excluding hydrogens is 357 g/mol. The molecule has 0 spiro atoms. The Hall–Kier alpha value is -1.96. The highest BCUT2D eigenvalue weighted by Gasteiger charge is 2.08. The van der Waals surface area contributed by atoms with Gasteiger partial charge in [0, 0.05) is 17.6 Å². The van der Waals surface area contributed by atoms with E-state index in [-0.39, 0.29) is 5.56 Å². The minimum atomic E-state index is -0.218. The second-order valence-electron chi connectivity index (χ2n) is 3.81. The van der Waals surface area contributed by atoms with Gasteiger partial charge >= 0.3 is 0 Å². The molecule has 3 rings (SSSR count). The summed E-state index contributed by atoms with van der Waals surface area (Å²) in [5, 5.41) is 1.03. The average molecular weight is 365 g/mol. The first-order chi connectivity index (χ1) is 9.24. The smallest absolute Gasteiger partial charge is 0.268 e. The largest absolute Gasteiger partial charge is 0.438 e.